The van der Waals surface area contributed by atoms with Gasteiger partial charge in [0, 0.05) is 69.7 Å². The van der Waals surface area contributed by atoms with E-state index in [0.29, 0.717) is 0 Å². The van der Waals surface area contributed by atoms with Gasteiger partial charge in [-0.2, -0.15) is 36.5 Å². The first-order chi connectivity index (χ1) is 28.8. The summed E-state index contributed by atoms with van der Waals surface area (Å²) < 4.78 is 95.8. The van der Waals surface area contributed by atoms with Gasteiger partial charge in [0.25, 0.3) is 11.4 Å². The largest absolute Gasteiger partial charge is 0.513 e. The summed E-state index contributed by atoms with van der Waals surface area (Å²) in [5.74, 6) is 0. The number of carbonyl (C=O) groups is 1. The number of nitro benzene ring substituents is 2. The molecular weight excluding hydrogens is 826 g/mol. The van der Waals surface area contributed by atoms with E-state index in [9.17, 15) is 51.4 Å². The lowest BCUT2D eigenvalue weighted by Gasteiger charge is -2.46. The summed E-state index contributed by atoms with van der Waals surface area (Å²) >= 11 is 0. The van der Waals surface area contributed by atoms with Crippen LogP contribution in [0.2, 0.25) is 0 Å². The molecule has 2 aromatic heterocycles. The number of rotatable bonds is 10. The lowest BCUT2D eigenvalue weighted by Crippen LogP contribution is -2.54. The number of alkyl halides is 6. The van der Waals surface area contributed by atoms with E-state index in [2.05, 4.69) is 10.2 Å². The zero-order valence-corrected chi connectivity index (χ0v) is 33.9. The Morgan fingerprint density at radius 1 is 0.500 bits per heavy atom. The smallest absolute Gasteiger partial charge is 0.401 e. The molecule has 0 bridgehead atoms. The molecule has 0 aliphatic carbocycles. The summed E-state index contributed by atoms with van der Waals surface area (Å²) in [4.78, 5) is 37.0. The maximum atomic E-state index is 14.9. The van der Waals surface area contributed by atoms with Crippen LogP contribution in [0.25, 0.3) is 22.5 Å². The van der Waals surface area contributed by atoms with Crippen molar-refractivity contribution in [2.75, 3.05) is 0 Å². The van der Waals surface area contributed by atoms with Crippen LogP contribution in [0, 0.1) is 31.1 Å². The molecule has 13 nitrogen and oxygen atoms in total. The molecule has 324 valence electrons. The summed E-state index contributed by atoms with van der Waals surface area (Å²) in [6, 6.07) is 21.6. The number of hydrogen-bond donors (Lipinski definition) is 0. The van der Waals surface area contributed by atoms with Crippen LogP contribution in [0.15, 0.2) is 122 Å². The normalized spacial score (nSPS) is 14.4. The number of non-ortho nitro benzene ring substituents is 2. The lowest BCUT2D eigenvalue weighted by atomic mass is 9.78. The Morgan fingerprint density at radius 3 is 1.05 bits per heavy atom. The first-order valence-electron chi connectivity index (χ1n) is 18.7. The number of nitro groups is 2. The molecule has 0 saturated carbocycles. The van der Waals surface area contributed by atoms with Gasteiger partial charge in [0.2, 0.25) is 11.4 Å². The number of nitrogens with zero attached hydrogens (tertiary/aromatic N) is 6. The predicted octanol–water partition coefficient (Wildman–Crippen LogP) is 11.6. The highest BCUT2D eigenvalue weighted by Gasteiger charge is 2.55. The van der Waals surface area contributed by atoms with E-state index in [4.69, 9.17) is 9.47 Å². The second-order valence-corrected chi connectivity index (χ2v) is 16.3. The predicted molar refractivity (Wildman–Crippen MR) is 212 cm³/mol. The Bertz CT molecular complexity index is 2410. The molecule has 6 rings (SSSR count). The number of hydrogen-bond acceptors (Lipinski definition) is 9. The Balaban J connectivity index is 1.52. The minimum Gasteiger partial charge on any atom is -0.401 e. The van der Waals surface area contributed by atoms with Crippen molar-refractivity contribution >= 4 is 17.5 Å². The third-order valence-corrected chi connectivity index (χ3v) is 10.3. The molecule has 2 heterocycles. The topological polar surface area (TPSA) is 157 Å². The van der Waals surface area contributed by atoms with Gasteiger partial charge in [-0.1, -0.05) is 65.8 Å². The van der Waals surface area contributed by atoms with Crippen molar-refractivity contribution in [1.29, 1.82) is 0 Å². The third-order valence-electron chi connectivity index (χ3n) is 10.3. The van der Waals surface area contributed by atoms with E-state index < -0.39 is 61.8 Å². The van der Waals surface area contributed by atoms with E-state index in [1.807, 2.05) is 0 Å². The molecule has 0 amide bonds. The SMILES string of the molecule is CC(C)(C)[C@](OC(=O)O[C@@](c1ccc([N+](=O)[O-])cc1)(n1ccc(-c2ccc(C(F)(F)F)cc2)n1)C(C)(C)C)(c1ccc([N+](=O)[O-])cc1)n1ccc(-c2ccc(C(F)(F)F)cc2)n1. The summed E-state index contributed by atoms with van der Waals surface area (Å²) in [6.07, 6.45) is -7.72. The highest BCUT2D eigenvalue weighted by atomic mass is 19.4. The van der Waals surface area contributed by atoms with Crippen molar-refractivity contribution in [3.05, 3.63) is 164 Å². The van der Waals surface area contributed by atoms with Crippen LogP contribution in [-0.4, -0.2) is 35.6 Å². The molecular formula is C43H38F6N6O7. The zero-order valence-electron chi connectivity index (χ0n) is 33.9. The molecule has 0 unspecified atom stereocenters. The maximum absolute atomic E-state index is 14.9. The molecule has 0 spiro atoms. The van der Waals surface area contributed by atoms with Crippen LogP contribution in [-0.2, 0) is 33.3 Å². The van der Waals surface area contributed by atoms with Crippen molar-refractivity contribution in [2.45, 2.75) is 65.3 Å². The van der Waals surface area contributed by atoms with Gasteiger partial charge < -0.3 is 9.47 Å². The van der Waals surface area contributed by atoms with E-state index in [1.54, 1.807) is 41.5 Å². The summed E-state index contributed by atoms with van der Waals surface area (Å²) in [6.45, 7) is 10.1. The van der Waals surface area contributed by atoms with Gasteiger partial charge in [-0.3, -0.25) is 20.2 Å². The van der Waals surface area contributed by atoms with Crippen molar-refractivity contribution in [1.82, 2.24) is 19.6 Å². The van der Waals surface area contributed by atoms with Gasteiger partial charge >= 0.3 is 18.5 Å². The number of ether oxygens (including phenoxy) is 2. The standard InChI is InChI=1S/C43H38F6N6O7/c1-38(2,3)40(29-15-19-33(20-16-29)54(57)58,52-25-23-35(50-52)27-7-11-31(12-8-27)42(44,45)46)61-37(56)62-41(39(4,5)6,30-17-21-34(22-18-30)55(59)60)53-26-24-36(51-53)28-9-13-32(14-10-28)43(47,48)49/h7-26H,1-6H3/t40-,41-/m1/s1. The molecule has 0 radical (unpaired) electrons. The minimum atomic E-state index is -4.60. The molecule has 19 heteroatoms. The Hall–Kier alpha value is -7.05. The molecule has 4 aromatic carbocycles. The van der Waals surface area contributed by atoms with Gasteiger partial charge in [0.15, 0.2) is 0 Å². The Labute approximate surface area is 349 Å². The molecule has 0 N–H and O–H groups in total. The summed E-state index contributed by atoms with van der Waals surface area (Å²) in [7, 11) is 0. The second kappa shape index (κ2) is 15.8. The van der Waals surface area contributed by atoms with Gasteiger partial charge in [-0.25, -0.2) is 14.2 Å². The number of benzene rings is 4. The quantitative estimate of drug-likeness (QED) is 0.0565. The molecule has 0 aliphatic heterocycles. The van der Waals surface area contributed by atoms with Crippen molar-refractivity contribution in [3.63, 3.8) is 0 Å². The highest BCUT2D eigenvalue weighted by Crippen LogP contribution is 2.49. The fourth-order valence-electron chi connectivity index (χ4n) is 7.18. The Morgan fingerprint density at radius 2 is 0.790 bits per heavy atom. The fourth-order valence-corrected chi connectivity index (χ4v) is 7.18. The molecule has 6 aromatic rings. The summed E-state index contributed by atoms with van der Waals surface area (Å²) in [5, 5.41) is 32.7. The van der Waals surface area contributed by atoms with Crippen molar-refractivity contribution in [3.8, 4) is 22.5 Å². The average molecular weight is 865 g/mol. The van der Waals surface area contributed by atoms with Crippen LogP contribution in [0.3, 0.4) is 0 Å². The minimum absolute atomic E-state index is 0.162. The molecule has 0 fully saturated rings. The van der Waals surface area contributed by atoms with E-state index in [1.165, 1.54) is 107 Å². The van der Waals surface area contributed by atoms with Gasteiger partial charge in [0.1, 0.15) is 0 Å². The first kappa shape index (κ1) is 44.5. The van der Waals surface area contributed by atoms with Crippen LogP contribution in [0.1, 0.15) is 63.8 Å². The summed E-state index contributed by atoms with van der Waals surface area (Å²) in [5.41, 5.74) is -7.61. The highest BCUT2D eigenvalue weighted by molar-refractivity contribution is 5.64. The molecule has 2 atom stereocenters. The third kappa shape index (κ3) is 8.33. The Kier molecular flexibility index (Phi) is 11.3. The number of carbonyl (C=O) groups excluding carboxylic acids is 1. The van der Waals surface area contributed by atoms with Gasteiger partial charge in [0.05, 0.1) is 32.4 Å². The molecule has 0 aliphatic rings. The molecule has 62 heavy (non-hydrogen) atoms. The van der Waals surface area contributed by atoms with E-state index in [-0.39, 0.29) is 45.0 Å². The van der Waals surface area contributed by atoms with Crippen LogP contribution in [0.5, 0.6) is 0 Å². The van der Waals surface area contributed by atoms with Crippen molar-refractivity contribution < 1.29 is 50.5 Å². The first-order valence-corrected chi connectivity index (χ1v) is 18.7. The van der Waals surface area contributed by atoms with E-state index >= 15 is 0 Å². The number of halogens is 6. The zero-order chi connectivity index (χ0) is 45.6. The fraction of sp³-hybridized carbons (Fsp3) is 0.279. The average Bonchev–Trinajstić information content (AvgIpc) is 3.89. The van der Waals surface area contributed by atoms with E-state index in [0.717, 1.165) is 24.3 Å². The number of aromatic nitrogens is 4. The monoisotopic (exact) mass is 864 g/mol. The molecule has 0 saturated heterocycles. The lowest BCUT2D eigenvalue weighted by molar-refractivity contribution is -0.385. The van der Waals surface area contributed by atoms with Gasteiger partial charge in [-0.05, 0) is 60.7 Å². The second-order valence-electron chi connectivity index (χ2n) is 16.3. The van der Waals surface area contributed by atoms with Crippen LogP contribution in [0.4, 0.5) is 42.5 Å². The van der Waals surface area contributed by atoms with Crippen LogP contribution >= 0.6 is 0 Å². The van der Waals surface area contributed by atoms with Crippen molar-refractivity contribution in [2.24, 2.45) is 10.8 Å². The van der Waals surface area contributed by atoms with Gasteiger partial charge in [-0.15, -0.1) is 0 Å². The maximum Gasteiger partial charge on any atom is 0.513 e. The van der Waals surface area contributed by atoms with Crippen LogP contribution < -0.4 is 0 Å².